The lowest BCUT2D eigenvalue weighted by molar-refractivity contribution is -0.161. The molecule has 5 heteroatoms. The Bertz CT molecular complexity index is 691. The predicted octanol–water partition coefficient (Wildman–Crippen LogP) is 3.45. The Morgan fingerprint density at radius 2 is 1.85 bits per heavy atom. The SMILES string of the molecule is CN(Cc1ccco1)C(=O)C1CCCN1C(=O)C12CC3CC(CC(C3)C1)C2. The van der Waals surface area contributed by atoms with Crippen molar-refractivity contribution in [2.45, 2.75) is 64.0 Å². The molecule has 5 aliphatic rings. The van der Waals surface area contributed by atoms with Crippen molar-refractivity contribution >= 4 is 11.8 Å². The van der Waals surface area contributed by atoms with Crippen LogP contribution in [-0.4, -0.2) is 41.2 Å². The van der Waals surface area contributed by atoms with E-state index in [1.54, 1.807) is 11.2 Å². The quantitative estimate of drug-likeness (QED) is 0.816. The molecule has 0 spiro atoms. The number of likely N-dealkylation sites (tertiary alicyclic amines) is 1. The minimum Gasteiger partial charge on any atom is -0.467 e. The second-order valence-electron chi connectivity index (χ2n) is 9.63. The Kier molecular flexibility index (Phi) is 4.10. The summed E-state index contributed by atoms with van der Waals surface area (Å²) in [6.45, 7) is 1.20. The lowest BCUT2D eigenvalue weighted by Gasteiger charge is -2.56. The molecule has 0 radical (unpaired) electrons. The van der Waals surface area contributed by atoms with Gasteiger partial charge in [-0.05, 0) is 81.3 Å². The highest BCUT2D eigenvalue weighted by atomic mass is 16.3. The number of hydrogen-bond donors (Lipinski definition) is 0. The van der Waals surface area contributed by atoms with Crippen LogP contribution in [0.25, 0.3) is 0 Å². The standard InChI is InChI=1S/C22H30N2O3/c1-23(14-18-4-3-7-27-18)20(25)19-5-2-6-24(19)21(26)22-11-15-8-16(12-22)10-17(9-15)13-22/h3-4,7,15-17,19H,2,5-6,8-14H2,1H3. The molecular weight excluding hydrogens is 340 g/mol. The van der Waals surface area contributed by atoms with Crippen LogP contribution < -0.4 is 0 Å². The van der Waals surface area contributed by atoms with Gasteiger partial charge in [-0.25, -0.2) is 0 Å². The topological polar surface area (TPSA) is 53.8 Å². The van der Waals surface area contributed by atoms with E-state index in [4.69, 9.17) is 4.42 Å². The number of nitrogens with zero attached hydrogens (tertiary/aromatic N) is 2. The van der Waals surface area contributed by atoms with Gasteiger partial charge in [0.1, 0.15) is 11.8 Å². The molecule has 1 aromatic heterocycles. The molecule has 1 saturated heterocycles. The molecule has 4 saturated carbocycles. The Morgan fingerprint density at radius 1 is 1.19 bits per heavy atom. The molecule has 2 heterocycles. The molecule has 5 nitrogen and oxygen atoms in total. The minimum absolute atomic E-state index is 0.0574. The van der Waals surface area contributed by atoms with Gasteiger partial charge in [-0.1, -0.05) is 0 Å². The van der Waals surface area contributed by atoms with Gasteiger partial charge >= 0.3 is 0 Å². The number of amides is 2. The molecule has 0 aromatic carbocycles. The molecule has 0 N–H and O–H groups in total. The fraction of sp³-hybridized carbons (Fsp3) is 0.727. The first kappa shape index (κ1) is 17.3. The lowest BCUT2D eigenvalue weighted by Crippen LogP contribution is -2.57. The summed E-state index contributed by atoms with van der Waals surface area (Å²) in [5, 5.41) is 0. The van der Waals surface area contributed by atoms with Crippen LogP contribution in [0, 0.1) is 23.2 Å². The van der Waals surface area contributed by atoms with Gasteiger partial charge in [0.25, 0.3) is 0 Å². The highest BCUT2D eigenvalue weighted by Gasteiger charge is 2.56. The zero-order valence-electron chi connectivity index (χ0n) is 16.2. The molecule has 5 fully saturated rings. The van der Waals surface area contributed by atoms with Gasteiger partial charge in [-0.3, -0.25) is 9.59 Å². The average molecular weight is 370 g/mol. The average Bonchev–Trinajstić information content (AvgIpc) is 3.30. The van der Waals surface area contributed by atoms with E-state index in [0.717, 1.165) is 62.2 Å². The second kappa shape index (κ2) is 6.39. The van der Waals surface area contributed by atoms with Crippen molar-refractivity contribution in [3.05, 3.63) is 24.2 Å². The second-order valence-corrected chi connectivity index (χ2v) is 9.63. The van der Waals surface area contributed by atoms with Crippen molar-refractivity contribution in [1.82, 2.24) is 9.80 Å². The number of likely N-dealkylation sites (N-methyl/N-ethyl adjacent to an activating group) is 1. The van der Waals surface area contributed by atoms with Crippen molar-refractivity contribution in [3.63, 3.8) is 0 Å². The monoisotopic (exact) mass is 370 g/mol. The number of carbonyl (C=O) groups is 2. The third kappa shape index (κ3) is 2.90. The third-order valence-electron chi connectivity index (χ3n) is 7.64. The Labute approximate surface area is 161 Å². The first-order valence-corrected chi connectivity index (χ1v) is 10.6. The molecule has 27 heavy (non-hydrogen) atoms. The van der Waals surface area contributed by atoms with Crippen LogP contribution in [0.15, 0.2) is 22.8 Å². The van der Waals surface area contributed by atoms with Crippen molar-refractivity contribution in [2.24, 2.45) is 23.2 Å². The van der Waals surface area contributed by atoms with Crippen LogP contribution in [-0.2, 0) is 16.1 Å². The van der Waals surface area contributed by atoms with Crippen molar-refractivity contribution in [2.75, 3.05) is 13.6 Å². The maximum Gasteiger partial charge on any atom is 0.245 e. The lowest BCUT2D eigenvalue weighted by atomic mass is 9.49. The van der Waals surface area contributed by atoms with Crippen LogP contribution >= 0.6 is 0 Å². The number of rotatable bonds is 4. The Hall–Kier alpha value is -1.78. The van der Waals surface area contributed by atoms with E-state index in [-0.39, 0.29) is 17.4 Å². The first-order chi connectivity index (χ1) is 13.0. The highest BCUT2D eigenvalue weighted by molar-refractivity contribution is 5.91. The van der Waals surface area contributed by atoms with E-state index in [1.807, 2.05) is 24.1 Å². The predicted molar refractivity (Wildman–Crippen MR) is 101 cm³/mol. The van der Waals surface area contributed by atoms with Crippen molar-refractivity contribution in [1.29, 1.82) is 0 Å². The van der Waals surface area contributed by atoms with E-state index in [2.05, 4.69) is 0 Å². The van der Waals surface area contributed by atoms with E-state index in [1.165, 1.54) is 19.3 Å². The van der Waals surface area contributed by atoms with E-state index >= 15 is 0 Å². The van der Waals surface area contributed by atoms with E-state index in [0.29, 0.717) is 12.5 Å². The smallest absolute Gasteiger partial charge is 0.245 e. The first-order valence-electron chi connectivity index (χ1n) is 10.6. The molecule has 1 aromatic rings. The summed E-state index contributed by atoms with van der Waals surface area (Å²) >= 11 is 0. The number of hydrogen-bond acceptors (Lipinski definition) is 3. The number of carbonyl (C=O) groups excluding carboxylic acids is 2. The van der Waals surface area contributed by atoms with Gasteiger partial charge in [0, 0.05) is 13.6 Å². The highest BCUT2D eigenvalue weighted by Crippen LogP contribution is 2.60. The zero-order valence-corrected chi connectivity index (χ0v) is 16.2. The number of furan rings is 1. The van der Waals surface area contributed by atoms with E-state index in [9.17, 15) is 9.59 Å². The normalized spacial score (nSPS) is 37.0. The van der Waals surface area contributed by atoms with Gasteiger partial charge in [-0.15, -0.1) is 0 Å². The van der Waals surface area contributed by atoms with Crippen LogP contribution in [0.3, 0.4) is 0 Å². The molecule has 4 aliphatic carbocycles. The van der Waals surface area contributed by atoms with Crippen molar-refractivity contribution < 1.29 is 14.0 Å². The van der Waals surface area contributed by atoms with Gasteiger partial charge in [0.2, 0.25) is 11.8 Å². The summed E-state index contributed by atoms with van der Waals surface area (Å²) in [5.74, 6) is 3.38. The maximum atomic E-state index is 13.7. The summed E-state index contributed by atoms with van der Waals surface area (Å²) in [4.78, 5) is 30.5. The summed E-state index contributed by atoms with van der Waals surface area (Å²) in [6, 6.07) is 3.44. The molecule has 146 valence electrons. The molecule has 1 unspecified atom stereocenters. The zero-order chi connectivity index (χ0) is 18.6. The van der Waals surface area contributed by atoms with E-state index < -0.39 is 0 Å². The van der Waals surface area contributed by atoms with Crippen LogP contribution in [0.1, 0.15) is 57.1 Å². The summed E-state index contributed by atoms with van der Waals surface area (Å²) in [6.07, 6.45) is 10.6. The van der Waals surface area contributed by atoms with Gasteiger partial charge < -0.3 is 14.2 Å². The van der Waals surface area contributed by atoms with Crippen LogP contribution in [0.4, 0.5) is 0 Å². The summed E-state index contributed by atoms with van der Waals surface area (Å²) < 4.78 is 5.38. The van der Waals surface area contributed by atoms with Crippen LogP contribution in [0.2, 0.25) is 0 Å². The minimum atomic E-state index is -0.287. The molecule has 1 aliphatic heterocycles. The van der Waals surface area contributed by atoms with Crippen LogP contribution in [0.5, 0.6) is 0 Å². The fourth-order valence-electron chi connectivity index (χ4n) is 6.91. The van der Waals surface area contributed by atoms with Gasteiger partial charge in [0.15, 0.2) is 0 Å². The molecule has 2 amide bonds. The van der Waals surface area contributed by atoms with Crippen molar-refractivity contribution in [3.8, 4) is 0 Å². The van der Waals surface area contributed by atoms with Gasteiger partial charge in [-0.2, -0.15) is 0 Å². The fourth-order valence-corrected chi connectivity index (χ4v) is 6.91. The Balaban J connectivity index is 1.32. The molecule has 1 atom stereocenters. The Morgan fingerprint density at radius 3 is 2.44 bits per heavy atom. The molecule has 6 rings (SSSR count). The molecular formula is C22H30N2O3. The third-order valence-corrected chi connectivity index (χ3v) is 7.64. The summed E-state index contributed by atoms with van der Waals surface area (Å²) in [5.41, 5.74) is -0.156. The van der Waals surface area contributed by atoms with Gasteiger partial charge in [0.05, 0.1) is 18.2 Å². The summed E-state index contributed by atoms with van der Waals surface area (Å²) in [7, 11) is 1.82. The largest absolute Gasteiger partial charge is 0.467 e. The molecule has 4 bridgehead atoms. The maximum absolute atomic E-state index is 13.7.